The molecule has 0 aliphatic heterocycles. The summed E-state index contributed by atoms with van der Waals surface area (Å²) in [4.78, 5) is 0. The van der Waals surface area contributed by atoms with Crippen molar-refractivity contribution in [2.45, 2.75) is 12.5 Å². The Morgan fingerprint density at radius 2 is 1.95 bits per heavy atom. The standard InChI is InChI=1S/C14H10Br2ClFO/c15-9-4-5-10(11(16)7-9)13(19)6-8-2-1-3-12(18)14(8)17/h1-5,7,13,19H,6H2. The molecule has 0 aromatic heterocycles. The van der Waals surface area contributed by atoms with Gasteiger partial charge < -0.3 is 5.11 Å². The molecular weight excluding hydrogens is 398 g/mol. The second kappa shape index (κ2) is 6.35. The van der Waals surface area contributed by atoms with E-state index in [9.17, 15) is 9.50 Å². The fourth-order valence-electron chi connectivity index (χ4n) is 1.80. The molecule has 0 saturated carbocycles. The number of hydrogen-bond donors (Lipinski definition) is 1. The fourth-order valence-corrected chi connectivity index (χ4v) is 3.31. The monoisotopic (exact) mass is 406 g/mol. The van der Waals surface area contributed by atoms with Gasteiger partial charge in [-0.15, -0.1) is 0 Å². The van der Waals surface area contributed by atoms with Crippen LogP contribution in [0.3, 0.4) is 0 Å². The zero-order valence-corrected chi connectivity index (χ0v) is 13.6. The zero-order valence-electron chi connectivity index (χ0n) is 9.71. The fraction of sp³-hybridized carbons (Fsp3) is 0.143. The van der Waals surface area contributed by atoms with E-state index in [1.165, 1.54) is 6.07 Å². The Hall–Kier alpha value is -0.420. The lowest BCUT2D eigenvalue weighted by Crippen LogP contribution is -2.03. The Bertz CT molecular complexity index is 604. The number of halogens is 4. The Labute approximate surface area is 132 Å². The van der Waals surface area contributed by atoms with Crippen LogP contribution in [0.2, 0.25) is 5.02 Å². The molecule has 0 fully saturated rings. The number of benzene rings is 2. The molecule has 0 heterocycles. The van der Waals surface area contributed by atoms with Crippen LogP contribution < -0.4 is 0 Å². The van der Waals surface area contributed by atoms with E-state index >= 15 is 0 Å². The van der Waals surface area contributed by atoms with Gasteiger partial charge in [0, 0.05) is 15.4 Å². The summed E-state index contributed by atoms with van der Waals surface area (Å²) >= 11 is 12.6. The minimum atomic E-state index is -0.748. The number of aliphatic hydroxyl groups excluding tert-OH is 1. The van der Waals surface area contributed by atoms with Crippen LogP contribution in [0, 0.1) is 5.82 Å². The molecule has 2 rings (SSSR count). The predicted molar refractivity (Wildman–Crippen MR) is 81.9 cm³/mol. The summed E-state index contributed by atoms with van der Waals surface area (Å²) in [7, 11) is 0. The van der Waals surface area contributed by atoms with E-state index in [-0.39, 0.29) is 11.4 Å². The van der Waals surface area contributed by atoms with Gasteiger partial charge in [0.1, 0.15) is 5.82 Å². The molecule has 19 heavy (non-hydrogen) atoms. The van der Waals surface area contributed by atoms with Crippen LogP contribution >= 0.6 is 43.5 Å². The first-order valence-corrected chi connectivity index (χ1v) is 7.51. The summed E-state index contributed by atoms with van der Waals surface area (Å²) in [5, 5.41) is 10.3. The average Bonchev–Trinajstić information content (AvgIpc) is 2.34. The summed E-state index contributed by atoms with van der Waals surface area (Å²) in [6.45, 7) is 0. The Kier molecular flexibility index (Phi) is 5.01. The van der Waals surface area contributed by atoms with Crippen LogP contribution in [0.4, 0.5) is 4.39 Å². The van der Waals surface area contributed by atoms with Crippen molar-refractivity contribution in [3.8, 4) is 0 Å². The van der Waals surface area contributed by atoms with Gasteiger partial charge in [0.15, 0.2) is 0 Å². The van der Waals surface area contributed by atoms with Crippen molar-refractivity contribution < 1.29 is 9.50 Å². The van der Waals surface area contributed by atoms with Crippen molar-refractivity contribution in [2.24, 2.45) is 0 Å². The maximum atomic E-state index is 13.3. The van der Waals surface area contributed by atoms with E-state index in [1.807, 2.05) is 18.2 Å². The highest BCUT2D eigenvalue weighted by Crippen LogP contribution is 2.31. The second-order valence-corrected chi connectivity index (χ2v) is 6.25. The molecule has 1 unspecified atom stereocenters. The van der Waals surface area contributed by atoms with Crippen molar-refractivity contribution in [2.75, 3.05) is 0 Å². The maximum Gasteiger partial charge on any atom is 0.142 e. The van der Waals surface area contributed by atoms with Crippen molar-refractivity contribution >= 4 is 43.5 Å². The van der Waals surface area contributed by atoms with Crippen molar-refractivity contribution in [1.82, 2.24) is 0 Å². The highest BCUT2D eigenvalue weighted by molar-refractivity contribution is 9.11. The highest BCUT2D eigenvalue weighted by Gasteiger charge is 2.15. The summed E-state index contributed by atoms with van der Waals surface area (Å²) in [5.74, 6) is -0.471. The molecule has 0 radical (unpaired) electrons. The van der Waals surface area contributed by atoms with Crippen LogP contribution in [0.1, 0.15) is 17.2 Å². The van der Waals surface area contributed by atoms with E-state index in [0.29, 0.717) is 5.56 Å². The predicted octanol–water partition coefficient (Wildman–Crippen LogP) is 5.28. The molecule has 0 amide bonds. The molecular formula is C14H10Br2ClFO. The van der Waals surface area contributed by atoms with Crippen LogP contribution in [-0.4, -0.2) is 5.11 Å². The van der Waals surface area contributed by atoms with Gasteiger partial charge in [-0.25, -0.2) is 4.39 Å². The van der Waals surface area contributed by atoms with Gasteiger partial charge >= 0.3 is 0 Å². The summed E-state index contributed by atoms with van der Waals surface area (Å²) < 4.78 is 15.0. The Balaban J connectivity index is 2.25. The lowest BCUT2D eigenvalue weighted by Gasteiger charge is -2.14. The molecule has 100 valence electrons. The minimum absolute atomic E-state index is 0.0646. The van der Waals surface area contributed by atoms with Gasteiger partial charge in [0.25, 0.3) is 0 Å². The topological polar surface area (TPSA) is 20.2 Å². The van der Waals surface area contributed by atoms with E-state index < -0.39 is 11.9 Å². The largest absolute Gasteiger partial charge is 0.388 e. The van der Waals surface area contributed by atoms with Crippen LogP contribution in [-0.2, 0) is 6.42 Å². The SMILES string of the molecule is OC(Cc1cccc(F)c1Cl)c1ccc(Br)cc1Br. The maximum absolute atomic E-state index is 13.3. The Morgan fingerprint density at radius 3 is 2.63 bits per heavy atom. The molecule has 0 bridgehead atoms. The third-order valence-corrected chi connectivity index (χ3v) is 4.37. The first-order valence-electron chi connectivity index (χ1n) is 5.55. The van der Waals surface area contributed by atoms with Crippen molar-refractivity contribution in [3.63, 3.8) is 0 Å². The van der Waals surface area contributed by atoms with Gasteiger partial charge in [-0.05, 0) is 29.3 Å². The van der Waals surface area contributed by atoms with Crippen LogP contribution in [0.15, 0.2) is 45.3 Å². The lowest BCUT2D eigenvalue weighted by atomic mass is 10.0. The molecule has 0 aliphatic rings. The third-order valence-electron chi connectivity index (χ3n) is 2.77. The van der Waals surface area contributed by atoms with Gasteiger partial charge in [0.2, 0.25) is 0 Å². The highest BCUT2D eigenvalue weighted by atomic mass is 79.9. The summed E-state index contributed by atoms with van der Waals surface area (Å²) in [5.41, 5.74) is 1.33. The van der Waals surface area contributed by atoms with Crippen molar-refractivity contribution in [3.05, 3.63) is 67.3 Å². The van der Waals surface area contributed by atoms with E-state index in [4.69, 9.17) is 11.6 Å². The first-order chi connectivity index (χ1) is 8.99. The number of aliphatic hydroxyl groups is 1. The molecule has 0 aliphatic carbocycles. The van der Waals surface area contributed by atoms with Crippen LogP contribution in [0.25, 0.3) is 0 Å². The molecule has 0 saturated heterocycles. The van der Waals surface area contributed by atoms with Crippen molar-refractivity contribution in [1.29, 1.82) is 0 Å². The molecule has 2 aromatic carbocycles. The third kappa shape index (κ3) is 3.57. The summed E-state index contributed by atoms with van der Waals surface area (Å²) in [6, 6.07) is 10.1. The van der Waals surface area contributed by atoms with Gasteiger partial charge in [-0.3, -0.25) is 0 Å². The molecule has 1 N–H and O–H groups in total. The lowest BCUT2D eigenvalue weighted by molar-refractivity contribution is 0.177. The molecule has 1 nitrogen and oxygen atoms in total. The smallest absolute Gasteiger partial charge is 0.142 e. The number of rotatable bonds is 3. The van der Waals surface area contributed by atoms with Gasteiger partial charge in [0.05, 0.1) is 11.1 Å². The number of hydrogen-bond acceptors (Lipinski definition) is 1. The first kappa shape index (κ1) is 15.0. The van der Waals surface area contributed by atoms with E-state index in [2.05, 4.69) is 31.9 Å². The summed E-state index contributed by atoms with van der Waals surface area (Å²) in [6.07, 6.45) is -0.488. The average molecular weight is 408 g/mol. The van der Waals surface area contributed by atoms with Crippen LogP contribution in [0.5, 0.6) is 0 Å². The quantitative estimate of drug-likeness (QED) is 0.733. The zero-order chi connectivity index (χ0) is 14.0. The molecule has 2 aromatic rings. The molecule has 1 atom stereocenters. The van der Waals surface area contributed by atoms with Gasteiger partial charge in [-0.2, -0.15) is 0 Å². The molecule has 5 heteroatoms. The van der Waals surface area contributed by atoms with Gasteiger partial charge in [-0.1, -0.05) is 61.7 Å². The minimum Gasteiger partial charge on any atom is -0.388 e. The normalized spacial score (nSPS) is 12.5. The molecule has 0 spiro atoms. The Morgan fingerprint density at radius 1 is 1.21 bits per heavy atom. The second-order valence-electron chi connectivity index (χ2n) is 4.10. The van der Waals surface area contributed by atoms with E-state index in [1.54, 1.807) is 12.1 Å². The van der Waals surface area contributed by atoms with E-state index in [0.717, 1.165) is 14.5 Å².